The summed E-state index contributed by atoms with van der Waals surface area (Å²) in [6, 6.07) is 5.34. The highest BCUT2D eigenvalue weighted by Gasteiger charge is 2.19. The van der Waals surface area contributed by atoms with Gasteiger partial charge in [-0.05, 0) is 72.5 Å². The molecule has 0 heterocycles. The molecule has 1 atom stereocenters. The number of halogens is 2. The smallest absolute Gasteiger partial charge is 0.124 e. The summed E-state index contributed by atoms with van der Waals surface area (Å²) >= 11 is 2.23. The third-order valence-corrected chi connectivity index (χ3v) is 4.31. The SMILES string of the molecule is CCNC(C1=CCCCC1)c1ccc(F)cc1I. The minimum Gasteiger partial charge on any atom is -0.307 e. The number of benzene rings is 1. The minimum absolute atomic E-state index is 0.156. The van der Waals surface area contributed by atoms with Crippen molar-refractivity contribution in [3.05, 3.63) is 44.8 Å². The molecule has 0 amide bonds. The van der Waals surface area contributed by atoms with Gasteiger partial charge in [0.2, 0.25) is 0 Å². The van der Waals surface area contributed by atoms with Crippen LogP contribution in [-0.4, -0.2) is 6.54 Å². The molecule has 1 aliphatic carbocycles. The molecule has 0 aliphatic heterocycles. The van der Waals surface area contributed by atoms with E-state index >= 15 is 0 Å². The summed E-state index contributed by atoms with van der Waals surface area (Å²) < 4.78 is 14.2. The molecule has 1 unspecified atom stereocenters. The number of nitrogens with one attached hydrogen (secondary N) is 1. The topological polar surface area (TPSA) is 12.0 Å². The summed E-state index contributed by atoms with van der Waals surface area (Å²) in [5, 5.41) is 3.53. The zero-order valence-electron chi connectivity index (χ0n) is 10.7. The third kappa shape index (κ3) is 3.32. The monoisotopic (exact) mass is 359 g/mol. The van der Waals surface area contributed by atoms with E-state index in [1.54, 1.807) is 12.1 Å². The van der Waals surface area contributed by atoms with Gasteiger partial charge in [0.15, 0.2) is 0 Å². The van der Waals surface area contributed by atoms with Crippen LogP contribution in [0.5, 0.6) is 0 Å². The van der Waals surface area contributed by atoms with Crippen molar-refractivity contribution in [2.24, 2.45) is 0 Å². The molecule has 3 heteroatoms. The quantitative estimate of drug-likeness (QED) is 0.613. The average Bonchev–Trinajstić information content (AvgIpc) is 2.38. The van der Waals surface area contributed by atoms with Crippen LogP contribution in [0, 0.1) is 9.39 Å². The fourth-order valence-corrected chi connectivity index (χ4v) is 3.29. The van der Waals surface area contributed by atoms with E-state index in [-0.39, 0.29) is 11.9 Å². The highest BCUT2D eigenvalue weighted by atomic mass is 127. The largest absolute Gasteiger partial charge is 0.307 e. The maximum atomic E-state index is 13.2. The van der Waals surface area contributed by atoms with Crippen LogP contribution < -0.4 is 5.32 Å². The first-order valence-electron chi connectivity index (χ1n) is 6.59. The molecular weight excluding hydrogens is 340 g/mol. The number of rotatable bonds is 4. The predicted molar refractivity (Wildman–Crippen MR) is 82.1 cm³/mol. The van der Waals surface area contributed by atoms with Crippen molar-refractivity contribution in [2.45, 2.75) is 38.6 Å². The lowest BCUT2D eigenvalue weighted by atomic mass is 9.90. The Kier molecular flexibility index (Phi) is 5.18. The molecule has 0 spiro atoms. The summed E-state index contributed by atoms with van der Waals surface area (Å²) in [6.07, 6.45) is 7.25. The standard InChI is InChI=1S/C15H19FIN/c1-2-18-15(11-6-4-3-5-7-11)13-9-8-12(16)10-14(13)17/h6,8-10,15,18H,2-5,7H2,1H3. The Bertz CT molecular complexity index is 442. The lowest BCUT2D eigenvalue weighted by Crippen LogP contribution is -2.24. The van der Waals surface area contributed by atoms with E-state index in [1.165, 1.54) is 30.4 Å². The Morgan fingerprint density at radius 3 is 2.83 bits per heavy atom. The second-order valence-electron chi connectivity index (χ2n) is 4.68. The van der Waals surface area contributed by atoms with Gasteiger partial charge in [-0.3, -0.25) is 0 Å². The molecule has 0 radical (unpaired) electrons. The number of hydrogen-bond donors (Lipinski definition) is 1. The average molecular weight is 359 g/mol. The van der Waals surface area contributed by atoms with Crippen LogP contribution in [0.1, 0.15) is 44.2 Å². The minimum atomic E-state index is -0.156. The lowest BCUT2D eigenvalue weighted by molar-refractivity contribution is 0.559. The summed E-state index contributed by atoms with van der Waals surface area (Å²) in [5.41, 5.74) is 2.67. The first-order chi connectivity index (χ1) is 8.72. The Morgan fingerprint density at radius 1 is 1.39 bits per heavy atom. The van der Waals surface area contributed by atoms with E-state index in [9.17, 15) is 4.39 Å². The molecule has 1 aromatic rings. The molecule has 18 heavy (non-hydrogen) atoms. The number of likely N-dealkylation sites (N-methyl/N-ethyl adjacent to an activating group) is 1. The van der Waals surface area contributed by atoms with E-state index < -0.39 is 0 Å². The van der Waals surface area contributed by atoms with Crippen LogP contribution in [0.25, 0.3) is 0 Å². The van der Waals surface area contributed by atoms with Gasteiger partial charge in [-0.15, -0.1) is 0 Å². The molecular formula is C15H19FIN. The molecule has 2 rings (SSSR count). The van der Waals surface area contributed by atoms with Crippen molar-refractivity contribution in [3.8, 4) is 0 Å². The van der Waals surface area contributed by atoms with Gasteiger partial charge in [-0.1, -0.05) is 24.6 Å². The summed E-state index contributed by atoms with van der Waals surface area (Å²) in [6.45, 7) is 3.04. The summed E-state index contributed by atoms with van der Waals surface area (Å²) in [4.78, 5) is 0. The first kappa shape index (κ1) is 14.0. The van der Waals surface area contributed by atoms with Crippen molar-refractivity contribution in [3.63, 3.8) is 0 Å². The Labute approximate surface area is 122 Å². The Morgan fingerprint density at radius 2 is 2.22 bits per heavy atom. The predicted octanol–water partition coefficient (Wildman–Crippen LogP) is 4.58. The molecule has 1 N–H and O–H groups in total. The van der Waals surface area contributed by atoms with Crippen LogP contribution in [-0.2, 0) is 0 Å². The van der Waals surface area contributed by atoms with Gasteiger partial charge in [-0.25, -0.2) is 4.39 Å². The molecule has 0 saturated heterocycles. The number of hydrogen-bond acceptors (Lipinski definition) is 1. The van der Waals surface area contributed by atoms with Crippen molar-refractivity contribution in [1.82, 2.24) is 5.32 Å². The summed E-state index contributed by atoms with van der Waals surface area (Å²) in [7, 11) is 0. The van der Waals surface area contributed by atoms with Crippen molar-refractivity contribution in [1.29, 1.82) is 0 Å². The highest BCUT2D eigenvalue weighted by molar-refractivity contribution is 14.1. The normalized spacial score (nSPS) is 17.4. The van der Waals surface area contributed by atoms with Gasteiger partial charge < -0.3 is 5.32 Å². The molecule has 1 nitrogen and oxygen atoms in total. The molecule has 1 aliphatic rings. The van der Waals surface area contributed by atoms with Crippen molar-refractivity contribution in [2.75, 3.05) is 6.54 Å². The second-order valence-corrected chi connectivity index (χ2v) is 5.84. The molecule has 0 fully saturated rings. The van der Waals surface area contributed by atoms with Crippen LogP contribution in [0.3, 0.4) is 0 Å². The van der Waals surface area contributed by atoms with Crippen LogP contribution in [0.2, 0.25) is 0 Å². The summed E-state index contributed by atoms with van der Waals surface area (Å²) in [5.74, 6) is -0.156. The van der Waals surface area contributed by atoms with E-state index in [0.29, 0.717) is 0 Å². The van der Waals surface area contributed by atoms with Gasteiger partial charge in [0.1, 0.15) is 5.82 Å². The van der Waals surface area contributed by atoms with Gasteiger partial charge in [0.25, 0.3) is 0 Å². The van der Waals surface area contributed by atoms with E-state index in [2.05, 4.69) is 40.9 Å². The van der Waals surface area contributed by atoms with Crippen LogP contribution in [0.15, 0.2) is 29.8 Å². The van der Waals surface area contributed by atoms with Gasteiger partial charge >= 0.3 is 0 Å². The van der Waals surface area contributed by atoms with Crippen molar-refractivity contribution >= 4 is 22.6 Å². The zero-order chi connectivity index (χ0) is 13.0. The van der Waals surface area contributed by atoms with Gasteiger partial charge in [-0.2, -0.15) is 0 Å². The molecule has 0 aromatic heterocycles. The third-order valence-electron chi connectivity index (χ3n) is 3.38. The number of allylic oxidation sites excluding steroid dienone is 1. The highest BCUT2D eigenvalue weighted by Crippen LogP contribution is 2.32. The Balaban J connectivity index is 2.31. The van der Waals surface area contributed by atoms with Crippen molar-refractivity contribution < 1.29 is 4.39 Å². The van der Waals surface area contributed by atoms with E-state index in [1.807, 2.05) is 6.07 Å². The van der Waals surface area contributed by atoms with Gasteiger partial charge in [0.05, 0.1) is 6.04 Å². The fourth-order valence-electron chi connectivity index (χ4n) is 2.51. The molecule has 1 aromatic carbocycles. The second kappa shape index (κ2) is 6.66. The first-order valence-corrected chi connectivity index (χ1v) is 7.67. The maximum absolute atomic E-state index is 13.2. The fraction of sp³-hybridized carbons (Fsp3) is 0.467. The van der Waals surface area contributed by atoms with Crippen LogP contribution in [0.4, 0.5) is 4.39 Å². The molecule has 0 saturated carbocycles. The van der Waals surface area contributed by atoms with Gasteiger partial charge in [0, 0.05) is 3.57 Å². The molecule has 98 valence electrons. The Hall–Kier alpha value is -0.420. The van der Waals surface area contributed by atoms with E-state index in [4.69, 9.17) is 0 Å². The maximum Gasteiger partial charge on any atom is 0.124 e. The van der Waals surface area contributed by atoms with E-state index in [0.717, 1.165) is 16.5 Å². The zero-order valence-corrected chi connectivity index (χ0v) is 12.8. The van der Waals surface area contributed by atoms with Crippen LogP contribution >= 0.6 is 22.6 Å². The lowest BCUT2D eigenvalue weighted by Gasteiger charge is -2.25. The molecule has 0 bridgehead atoms.